The third-order valence-corrected chi connectivity index (χ3v) is 1.86. The molecule has 5 heteroatoms. The van der Waals surface area contributed by atoms with Gasteiger partial charge in [0, 0.05) is 0 Å². The van der Waals surface area contributed by atoms with Crippen molar-refractivity contribution in [3.63, 3.8) is 0 Å². The van der Waals surface area contributed by atoms with Crippen molar-refractivity contribution in [3.8, 4) is 0 Å². The molecule has 0 bridgehead atoms. The van der Waals surface area contributed by atoms with Crippen LogP contribution in [0, 0.1) is 0 Å². The SMILES string of the molecule is O=S(O)ON=C1CCCCC1. The highest BCUT2D eigenvalue weighted by molar-refractivity contribution is 7.74. The van der Waals surface area contributed by atoms with Gasteiger partial charge in [-0.25, -0.2) is 0 Å². The van der Waals surface area contributed by atoms with Gasteiger partial charge < -0.3 is 0 Å². The van der Waals surface area contributed by atoms with Crippen LogP contribution in [0.4, 0.5) is 0 Å². The van der Waals surface area contributed by atoms with Crippen LogP contribution in [-0.2, 0) is 15.6 Å². The van der Waals surface area contributed by atoms with Crippen LogP contribution < -0.4 is 0 Å². The Morgan fingerprint density at radius 3 is 2.55 bits per heavy atom. The molecule has 0 saturated heterocycles. The summed E-state index contributed by atoms with van der Waals surface area (Å²) in [6, 6.07) is 0. The normalized spacial score (nSPS) is 21.0. The lowest BCUT2D eigenvalue weighted by Gasteiger charge is -2.09. The van der Waals surface area contributed by atoms with Crippen molar-refractivity contribution in [3.05, 3.63) is 0 Å². The molecular formula is C6H11NO3S. The first kappa shape index (κ1) is 8.67. The van der Waals surface area contributed by atoms with E-state index in [-0.39, 0.29) is 0 Å². The average Bonchev–Trinajstić information content (AvgIpc) is 2.03. The van der Waals surface area contributed by atoms with Crippen LogP contribution in [-0.4, -0.2) is 14.5 Å². The Morgan fingerprint density at radius 2 is 2.00 bits per heavy atom. The first-order valence-electron chi connectivity index (χ1n) is 3.63. The predicted octanol–water partition coefficient (Wildman–Crippen LogP) is 1.46. The van der Waals surface area contributed by atoms with Gasteiger partial charge in [-0.15, -0.1) is 0 Å². The second-order valence-electron chi connectivity index (χ2n) is 2.51. The van der Waals surface area contributed by atoms with Crippen LogP contribution >= 0.6 is 0 Å². The van der Waals surface area contributed by atoms with Crippen LogP contribution in [0.15, 0.2) is 5.16 Å². The summed E-state index contributed by atoms with van der Waals surface area (Å²) < 4.78 is 22.4. The van der Waals surface area contributed by atoms with E-state index in [4.69, 9.17) is 4.55 Å². The Balaban J connectivity index is 2.32. The number of rotatable bonds is 2. The third-order valence-electron chi connectivity index (χ3n) is 1.66. The number of oxime groups is 1. The van der Waals surface area contributed by atoms with Gasteiger partial charge in [-0.2, -0.15) is 4.21 Å². The Bertz CT molecular complexity index is 173. The molecule has 0 aromatic rings. The predicted molar refractivity (Wildman–Crippen MR) is 42.4 cm³/mol. The second-order valence-corrected chi connectivity index (χ2v) is 3.09. The minimum Gasteiger partial charge on any atom is -0.273 e. The van der Waals surface area contributed by atoms with Crippen LogP contribution in [0.5, 0.6) is 0 Å². The van der Waals surface area contributed by atoms with Crippen molar-refractivity contribution in [2.45, 2.75) is 32.1 Å². The van der Waals surface area contributed by atoms with Gasteiger partial charge in [0.05, 0.1) is 5.71 Å². The number of nitrogens with zero attached hydrogens (tertiary/aromatic N) is 1. The molecule has 1 saturated carbocycles. The summed E-state index contributed by atoms with van der Waals surface area (Å²) in [5, 5.41) is 3.55. The molecule has 1 N–H and O–H groups in total. The minimum atomic E-state index is -2.25. The maximum absolute atomic E-state index is 10.0. The maximum atomic E-state index is 10.0. The van der Waals surface area contributed by atoms with E-state index in [2.05, 4.69) is 9.44 Å². The minimum absolute atomic E-state index is 0.900. The highest BCUT2D eigenvalue weighted by Crippen LogP contribution is 2.14. The lowest BCUT2D eigenvalue weighted by molar-refractivity contribution is 0.322. The fourth-order valence-electron chi connectivity index (χ4n) is 1.14. The zero-order chi connectivity index (χ0) is 8.10. The summed E-state index contributed by atoms with van der Waals surface area (Å²) in [6.45, 7) is 0. The van der Waals surface area contributed by atoms with Gasteiger partial charge in [0.25, 0.3) is 0 Å². The quantitative estimate of drug-likeness (QED) is 0.513. The fourth-order valence-corrected chi connectivity index (χ4v) is 1.30. The Labute approximate surface area is 68.1 Å². The standard InChI is InChI=1S/C6H11NO3S/c8-11(9)10-7-6-4-2-1-3-5-6/h1-5H2,(H,8,9). The van der Waals surface area contributed by atoms with E-state index in [1.165, 1.54) is 6.42 Å². The van der Waals surface area contributed by atoms with Crippen LogP contribution in [0.25, 0.3) is 0 Å². The lowest BCUT2D eigenvalue weighted by Crippen LogP contribution is -2.05. The molecular weight excluding hydrogens is 166 g/mol. The monoisotopic (exact) mass is 177 g/mol. The van der Waals surface area contributed by atoms with Gasteiger partial charge in [-0.05, 0) is 25.7 Å². The van der Waals surface area contributed by atoms with Gasteiger partial charge in [-0.3, -0.25) is 8.84 Å². The van der Waals surface area contributed by atoms with E-state index in [1.807, 2.05) is 0 Å². The molecule has 1 atom stereocenters. The molecule has 1 unspecified atom stereocenters. The van der Waals surface area contributed by atoms with Gasteiger partial charge in [0.1, 0.15) is 0 Å². The molecule has 64 valence electrons. The first-order valence-corrected chi connectivity index (χ1v) is 4.66. The number of hydrogen-bond donors (Lipinski definition) is 1. The Morgan fingerprint density at radius 1 is 1.36 bits per heavy atom. The summed E-state index contributed by atoms with van der Waals surface area (Å²) in [7, 11) is 0. The van der Waals surface area contributed by atoms with Crippen LogP contribution in [0.3, 0.4) is 0 Å². The summed E-state index contributed by atoms with van der Waals surface area (Å²) in [5.74, 6) is 0. The third kappa shape index (κ3) is 3.48. The average molecular weight is 177 g/mol. The molecule has 1 aliphatic rings. The zero-order valence-corrected chi connectivity index (χ0v) is 6.97. The van der Waals surface area contributed by atoms with E-state index >= 15 is 0 Å². The molecule has 0 aromatic carbocycles. The van der Waals surface area contributed by atoms with Crippen molar-refractivity contribution < 1.29 is 13.0 Å². The van der Waals surface area contributed by atoms with Gasteiger partial charge in [0.15, 0.2) is 0 Å². The van der Waals surface area contributed by atoms with Crippen molar-refractivity contribution in [2.75, 3.05) is 0 Å². The molecule has 0 spiro atoms. The molecule has 1 rings (SSSR count). The van der Waals surface area contributed by atoms with Crippen molar-refractivity contribution in [1.29, 1.82) is 0 Å². The summed E-state index contributed by atoms with van der Waals surface area (Å²) in [5.41, 5.74) is 0.902. The first-order chi connectivity index (χ1) is 5.29. The maximum Gasteiger partial charge on any atom is 0.378 e. The highest BCUT2D eigenvalue weighted by Gasteiger charge is 2.07. The summed E-state index contributed by atoms with van der Waals surface area (Å²) >= 11 is -2.25. The van der Waals surface area contributed by atoms with Crippen molar-refractivity contribution in [1.82, 2.24) is 0 Å². The molecule has 0 aliphatic heterocycles. The summed E-state index contributed by atoms with van der Waals surface area (Å²) in [4.78, 5) is 0. The van der Waals surface area contributed by atoms with E-state index in [9.17, 15) is 4.21 Å². The molecule has 1 aliphatic carbocycles. The van der Waals surface area contributed by atoms with Crippen LogP contribution in [0.2, 0.25) is 0 Å². The molecule has 0 aromatic heterocycles. The lowest BCUT2D eigenvalue weighted by atomic mass is 9.99. The smallest absolute Gasteiger partial charge is 0.273 e. The Hall–Kier alpha value is -0.420. The van der Waals surface area contributed by atoms with E-state index in [1.54, 1.807) is 0 Å². The second kappa shape index (κ2) is 4.46. The van der Waals surface area contributed by atoms with Crippen LogP contribution in [0.1, 0.15) is 32.1 Å². The summed E-state index contributed by atoms with van der Waals surface area (Å²) in [6.07, 6.45) is 5.25. The van der Waals surface area contributed by atoms with Crippen molar-refractivity contribution in [2.24, 2.45) is 5.16 Å². The molecule has 4 nitrogen and oxygen atoms in total. The largest absolute Gasteiger partial charge is 0.378 e. The molecule has 11 heavy (non-hydrogen) atoms. The van der Waals surface area contributed by atoms with E-state index in [0.29, 0.717) is 0 Å². The molecule has 1 fully saturated rings. The van der Waals surface area contributed by atoms with Crippen molar-refractivity contribution >= 4 is 17.1 Å². The number of hydrogen-bond acceptors (Lipinski definition) is 3. The van der Waals surface area contributed by atoms with Gasteiger partial charge in [0.2, 0.25) is 0 Å². The molecule has 0 heterocycles. The van der Waals surface area contributed by atoms with Gasteiger partial charge in [-0.1, -0.05) is 11.6 Å². The zero-order valence-electron chi connectivity index (χ0n) is 6.15. The highest BCUT2D eigenvalue weighted by atomic mass is 32.2. The van der Waals surface area contributed by atoms with E-state index in [0.717, 1.165) is 31.4 Å². The topological polar surface area (TPSA) is 58.9 Å². The fraction of sp³-hybridized carbons (Fsp3) is 0.833. The molecule has 0 radical (unpaired) electrons. The Kier molecular flexibility index (Phi) is 3.51. The van der Waals surface area contributed by atoms with Gasteiger partial charge >= 0.3 is 11.4 Å². The molecule has 0 amide bonds. The van der Waals surface area contributed by atoms with E-state index < -0.39 is 11.4 Å².